The van der Waals surface area contributed by atoms with Crippen molar-refractivity contribution in [2.45, 2.75) is 0 Å². The van der Waals surface area contributed by atoms with Gasteiger partial charge < -0.3 is 13.3 Å². The Morgan fingerprint density at radius 1 is 0.545 bits per heavy atom. The highest BCUT2D eigenvalue weighted by atomic mass is 16.7. The van der Waals surface area contributed by atoms with Crippen molar-refractivity contribution in [3.63, 3.8) is 0 Å². The fourth-order valence-corrected chi connectivity index (χ4v) is 3.46. The van der Waals surface area contributed by atoms with Crippen LogP contribution in [-0.4, -0.2) is 32.1 Å². The summed E-state index contributed by atoms with van der Waals surface area (Å²) in [6, 6.07) is 5.73. The number of nitro groups is 3. The van der Waals surface area contributed by atoms with Crippen LogP contribution in [0.25, 0.3) is 0 Å². The summed E-state index contributed by atoms with van der Waals surface area (Å²) in [5, 5.41) is 32.4. The van der Waals surface area contributed by atoms with Gasteiger partial charge in [-0.2, -0.15) is 0 Å². The first-order valence-electron chi connectivity index (χ1n) is 8.95. The van der Waals surface area contributed by atoms with Crippen molar-refractivity contribution in [3.05, 3.63) is 84.0 Å². The van der Waals surface area contributed by atoms with Crippen LogP contribution >= 0.6 is 0 Å². The molecule has 1 aliphatic rings. The van der Waals surface area contributed by atoms with Crippen molar-refractivity contribution in [2.75, 3.05) is 0 Å². The second-order valence-electron chi connectivity index (χ2n) is 6.86. The zero-order valence-corrected chi connectivity index (χ0v) is 15.9. The lowest BCUT2D eigenvalue weighted by Gasteiger charge is -1.95. The molecule has 15 nitrogen and oxygen atoms in total. The van der Waals surface area contributed by atoms with Gasteiger partial charge in [0.1, 0.15) is 14.8 Å². The normalized spacial score (nSPS) is 19.1. The van der Waals surface area contributed by atoms with Crippen LogP contribution in [0.5, 0.6) is 0 Å². The number of carbonyl (C=O) groups excluding carboxylic acids is 3. The SMILES string of the molecule is O=C(c1ccc([N+](=O)[O-])o1)C1C(C(=O)c2ccc([N+](=O)[O-])o2)C1C(=O)c1ccc([N+](=O)[O-])o1. The van der Waals surface area contributed by atoms with Crippen LogP contribution in [-0.2, 0) is 0 Å². The maximum Gasteiger partial charge on any atom is 0.433 e. The van der Waals surface area contributed by atoms with Crippen molar-refractivity contribution >= 4 is 35.0 Å². The molecule has 0 N–H and O–H groups in total. The highest BCUT2D eigenvalue weighted by molar-refractivity contribution is 6.14. The first-order valence-corrected chi connectivity index (χ1v) is 8.95. The Morgan fingerprint density at radius 2 is 0.788 bits per heavy atom. The van der Waals surface area contributed by atoms with E-state index in [1.807, 2.05) is 0 Å². The van der Waals surface area contributed by atoms with Crippen LogP contribution < -0.4 is 0 Å². The number of carbonyl (C=O) groups is 3. The summed E-state index contributed by atoms with van der Waals surface area (Å²) in [7, 11) is 0. The number of nitrogens with zero attached hydrogens (tertiary/aromatic N) is 3. The Balaban J connectivity index is 1.67. The van der Waals surface area contributed by atoms with Gasteiger partial charge in [-0.3, -0.25) is 44.7 Å². The predicted octanol–water partition coefficient (Wildman–Crippen LogP) is 3.00. The number of ketones is 3. The second-order valence-corrected chi connectivity index (χ2v) is 6.86. The molecule has 33 heavy (non-hydrogen) atoms. The molecular weight excluding hydrogens is 450 g/mol. The Hall–Kier alpha value is -4.95. The zero-order valence-electron chi connectivity index (χ0n) is 15.9. The third kappa shape index (κ3) is 3.67. The molecule has 0 amide bonds. The number of hydrogen-bond donors (Lipinski definition) is 0. The van der Waals surface area contributed by atoms with E-state index in [2.05, 4.69) is 0 Å². The summed E-state index contributed by atoms with van der Waals surface area (Å²) in [6.45, 7) is 0. The number of furan rings is 3. The van der Waals surface area contributed by atoms with Crippen molar-refractivity contribution < 1.29 is 42.4 Å². The topological polar surface area (TPSA) is 220 Å². The summed E-state index contributed by atoms with van der Waals surface area (Å²) in [5.74, 6) is -10.6. The van der Waals surface area contributed by atoms with Gasteiger partial charge in [0.15, 0.2) is 17.3 Å². The van der Waals surface area contributed by atoms with E-state index in [0.29, 0.717) is 0 Å². The molecule has 3 heterocycles. The van der Waals surface area contributed by atoms with E-state index in [1.165, 1.54) is 0 Å². The lowest BCUT2D eigenvalue weighted by Crippen LogP contribution is -2.08. The van der Waals surface area contributed by atoms with Gasteiger partial charge in [0.2, 0.25) is 17.3 Å². The summed E-state index contributed by atoms with van der Waals surface area (Å²) in [6.07, 6.45) is 0. The van der Waals surface area contributed by atoms with Gasteiger partial charge in [0.25, 0.3) is 0 Å². The Bertz CT molecular complexity index is 1180. The molecule has 0 aromatic carbocycles. The van der Waals surface area contributed by atoms with Crippen molar-refractivity contribution in [3.8, 4) is 0 Å². The Kier molecular flexibility index (Phi) is 4.92. The predicted molar refractivity (Wildman–Crippen MR) is 99.5 cm³/mol. The van der Waals surface area contributed by atoms with E-state index in [1.54, 1.807) is 0 Å². The van der Waals surface area contributed by atoms with Gasteiger partial charge in [0.05, 0.1) is 18.2 Å². The molecule has 0 saturated heterocycles. The zero-order chi connectivity index (χ0) is 24.0. The monoisotopic (exact) mass is 459 g/mol. The molecule has 4 rings (SSSR count). The van der Waals surface area contributed by atoms with Gasteiger partial charge in [-0.25, -0.2) is 0 Å². The van der Waals surface area contributed by atoms with Crippen molar-refractivity contribution in [1.29, 1.82) is 0 Å². The summed E-state index contributed by atoms with van der Waals surface area (Å²) in [5.41, 5.74) is 0. The standard InChI is InChI=1S/C18H9N3O12/c22-16(7-1-4-10(31-7)19(25)26)13-14(17(23)8-2-5-11(32-8)20(27)28)15(13)18(24)9-3-6-12(33-9)21(29)30/h1-6,13-15H. The van der Waals surface area contributed by atoms with Gasteiger partial charge >= 0.3 is 17.7 Å². The molecule has 1 saturated carbocycles. The third-order valence-corrected chi connectivity index (χ3v) is 4.97. The molecule has 3 aromatic rings. The van der Waals surface area contributed by atoms with Gasteiger partial charge in [-0.05, 0) is 18.2 Å². The van der Waals surface area contributed by atoms with Crippen LogP contribution in [0.4, 0.5) is 17.7 Å². The van der Waals surface area contributed by atoms with Crippen molar-refractivity contribution in [1.82, 2.24) is 0 Å². The maximum absolute atomic E-state index is 12.9. The highest BCUT2D eigenvalue weighted by Crippen LogP contribution is 2.52. The first kappa shape index (κ1) is 21.3. The van der Waals surface area contributed by atoms with E-state index < -0.39 is 84.8 Å². The van der Waals surface area contributed by atoms with Crippen LogP contribution in [0.1, 0.15) is 31.7 Å². The molecule has 0 radical (unpaired) electrons. The van der Waals surface area contributed by atoms with E-state index in [-0.39, 0.29) is 0 Å². The fraction of sp³-hybridized carbons (Fsp3) is 0.167. The molecule has 168 valence electrons. The minimum atomic E-state index is -1.37. The van der Waals surface area contributed by atoms with Crippen LogP contribution in [0.15, 0.2) is 49.6 Å². The second kappa shape index (κ2) is 7.63. The van der Waals surface area contributed by atoms with E-state index in [9.17, 15) is 44.7 Å². The lowest BCUT2D eigenvalue weighted by atomic mass is 10.1. The molecule has 0 atom stereocenters. The average Bonchev–Trinajstić information content (AvgIpc) is 3.25. The number of Topliss-reactive ketones (excluding diaryl/α,β-unsaturated/α-hetero) is 3. The van der Waals surface area contributed by atoms with E-state index in [4.69, 9.17) is 13.3 Å². The van der Waals surface area contributed by atoms with Gasteiger partial charge in [0, 0.05) is 17.8 Å². The van der Waals surface area contributed by atoms with Gasteiger partial charge in [-0.1, -0.05) is 0 Å². The van der Waals surface area contributed by atoms with Crippen molar-refractivity contribution in [2.24, 2.45) is 17.8 Å². The molecule has 0 spiro atoms. The lowest BCUT2D eigenvalue weighted by molar-refractivity contribution is -0.402. The third-order valence-electron chi connectivity index (χ3n) is 4.97. The molecular formula is C18H9N3O12. The first-order chi connectivity index (χ1) is 15.6. The minimum absolute atomic E-state index is 0.490. The molecule has 3 aromatic heterocycles. The molecule has 15 heteroatoms. The van der Waals surface area contributed by atoms with E-state index in [0.717, 1.165) is 36.4 Å². The molecule has 0 aliphatic heterocycles. The molecule has 1 fully saturated rings. The number of rotatable bonds is 9. The van der Waals surface area contributed by atoms with Crippen LogP contribution in [0, 0.1) is 48.1 Å². The molecule has 1 aliphatic carbocycles. The Labute approximate surface area is 180 Å². The van der Waals surface area contributed by atoms with E-state index >= 15 is 0 Å². The molecule has 0 unspecified atom stereocenters. The smallest absolute Gasteiger partial charge is 0.397 e. The summed E-state index contributed by atoms with van der Waals surface area (Å²) in [4.78, 5) is 68.3. The Morgan fingerprint density at radius 3 is 0.970 bits per heavy atom. The number of hydrogen-bond acceptors (Lipinski definition) is 12. The minimum Gasteiger partial charge on any atom is -0.397 e. The summed E-state index contributed by atoms with van der Waals surface area (Å²) >= 11 is 0. The van der Waals surface area contributed by atoms with Crippen LogP contribution in [0.3, 0.4) is 0 Å². The van der Waals surface area contributed by atoms with Crippen LogP contribution in [0.2, 0.25) is 0 Å². The van der Waals surface area contributed by atoms with Gasteiger partial charge in [-0.15, -0.1) is 0 Å². The maximum atomic E-state index is 12.9. The quantitative estimate of drug-likeness (QED) is 0.256. The summed E-state index contributed by atoms with van der Waals surface area (Å²) < 4.78 is 14.6. The highest BCUT2D eigenvalue weighted by Gasteiger charge is 2.64. The fourth-order valence-electron chi connectivity index (χ4n) is 3.46. The molecule has 0 bridgehead atoms. The average molecular weight is 459 g/mol. The largest absolute Gasteiger partial charge is 0.433 e.